The van der Waals surface area contributed by atoms with Crippen molar-refractivity contribution in [3.8, 4) is 11.6 Å². The first kappa shape index (κ1) is 16.3. The molecule has 0 bridgehead atoms. The van der Waals surface area contributed by atoms with Gasteiger partial charge in [-0.2, -0.15) is 0 Å². The molecule has 7 nitrogen and oxygen atoms in total. The molecule has 1 aromatic carbocycles. The van der Waals surface area contributed by atoms with Crippen molar-refractivity contribution in [1.82, 2.24) is 9.78 Å². The molecule has 0 spiro atoms. The largest absolute Gasteiger partial charge is 0.473 e. The van der Waals surface area contributed by atoms with Crippen LogP contribution in [-0.2, 0) is 0 Å². The number of nitrogens with zero attached hydrogens (tertiary/aromatic N) is 2. The molecule has 2 aromatic rings. The molecule has 118 valence electrons. The molecule has 3 N–H and O–H groups in total. The highest BCUT2D eigenvalue weighted by Crippen LogP contribution is 2.34. The second-order valence-electron chi connectivity index (χ2n) is 5.25. The zero-order valence-corrected chi connectivity index (χ0v) is 13.7. The van der Waals surface area contributed by atoms with E-state index in [2.05, 4.69) is 26.3 Å². The molecule has 0 aliphatic carbocycles. The maximum absolute atomic E-state index is 11.0. The number of carboxylic acid groups (broad SMARTS) is 1. The van der Waals surface area contributed by atoms with Gasteiger partial charge < -0.3 is 14.9 Å². The van der Waals surface area contributed by atoms with Crippen LogP contribution in [0, 0.1) is 0 Å². The number of aliphatic hydroxyl groups is 1. The van der Waals surface area contributed by atoms with Gasteiger partial charge in [-0.3, -0.25) is 5.32 Å². The van der Waals surface area contributed by atoms with Crippen LogP contribution in [0.25, 0.3) is 5.69 Å². The summed E-state index contributed by atoms with van der Waals surface area (Å²) in [5.74, 6) is 0.416. The number of ether oxygens (including phenoxy) is 1. The molecule has 2 rings (SSSR count). The SMILES string of the molecule is CC(C)(O)COc1nn(-c2ccccc2)c(NC(=O)O)c1Br. The van der Waals surface area contributed by atoms with E-state index in [1.165, 1.54) is 4.68 Å². The molecule has 0 saturated carbocycles. The number of carbonyl (C=O) groups is 1. The molecule has 0 atom stereocenters. The minimum absolute atomic E-state index is 0.0178. The summed E-state index contributed by atoms with van der Waals surface area (Å²) in [7, 11) is 0. The van der Waals surface area contributed by atoms with Crippen molar-refractivity contribution in [3.05, 3.63) is 34.8 Å². The van der Waals surface area contributed by atoms with Gasteiger partial charge in [0, 0.05) is 0 Å². The van der Waals surface area contributed by atoms with Gasteiger partial charge in [0.15, 0.2) is 5.82 Å². The zero-order valence-electron chi connectivity index (χ0n) is 12.1. The lowest BCUT2D eigenvalue weighted by atomic mass is 10.2. The van der Waals surface area contributed by atoms with E-state index < -0.39 is 11.7 Å². The number of halogens is 1. The van der Waals surface area contributed by atoms with Gasteiger partial charge in [0.2, 0.25) is 5.88 Å². The highest BCUT2D eigenvalue weighted by Gasteiger charge is 2.22. The van der Waals surface area contributed by atoms with Gasteiger partial charge in [-0.1, -0.05) is 18.2 Å². The molecule has 0 aliphatic heterocycles. The Morgan fingerprint density at radius 1 is 1.41 bits per heavy atom. The Labute approximate surface area is 135 Å². The quantitative estimate of drug-likeness (QED) is 0.752. The number of hydrogen-bond acceptors (Lipinski definition) is 4. The topological polar surface area (TPSA) is 96.6 Å². The van der Waals surface area contributed by atoms with Gasteiger partial charge in [0.1, 0.15) is 11.1 Å². The number of amides is 1. The van der Waals surface area contributed by atoms with Crippen LogP contribution in [0.4, 0.5) is 10.6 Å². The van der Waals surface area contributed by atoms with Gasteiger partial charge in [-0.25, -0.2) is 9.48 Å². The number of anilines is 1. The summed E-state index contributed by atoms with van der Waals surface area (Å²) in [5, 5.41) is 25.2. The van der Waals surface area contributed by atoms with E-state index >= 15 is 0 Å². The Morgan fingerprint density at radius 3 is 2.59 bits per heavy atom. The molecule has 0 radical (unpaired) electrons. The molecule has 0 saturated heterocycles. The van der Waals surface area contributed by atoms with Crippen molar-refractivity contribution < 1.29 is 19.7 Å². The number of para-hydroxylation sites is 1. The van der Waals surface area contributed by atoms with Crippen LogP contribution in [0.3, 0.4) is 0 Å². The Morgan fingerprint density at radius 2 is 2.05 bits per heavy atom. The predicted molar refractivity (Wildman–Crippen MR) is 84.7 cm³/mol. The summed E-state index contributed by atoms with van der Waals surface area (Å²) in [6.07, 6.45) is -1.22. The molecular weight excluding hydrogens is 354 g/mol. The Kier molecular flexibility index (Phi) is 4.72. The van der Waals surface area contributed by atoms with Crippen LogP contribution in [0.15, 0.2) is 34.8 Å². The molecule has 0 aliphatic rings. The first-order chi connectivity index (χ1) is 10.3. The lowest BCUT2D eigenvalue weighted by Crippen LogP contribution is -2.28. The zero-order chi connectivity index (χ0) is 16.3. The third-order valence-corrected chi connectivity index (χ3v) is 3.30. The normalized spacial score (nSPS) is 11.3. The molecule has 1 heterocycles. The standard InChI is InChI=1S/C14H16BrN3O4/c1-14(2,21)8-22-12-10(15)11(16-13(19)20)18(17-12)9-6-4-3-5-7-9/h3-7,16,21H,8H2,1-2H3,(H,19,20). The van der Waals surface area contributed by atoms with E-state index in [-0.39, 0.29) is 18.3 Å². The van der Waals surface area contributed by atoms with E-state index in [9.17, 15) is 9.90 Å². The molecule has 22 heavy (non-hydrogen) atoms. The maximum atomic E-state index is 11.0. The second kappa shape index (κ2) is 6.37. The van der Waals surface area contributed by atoms with Crippen LogP contribution in [0.1, 0.15) is 13.8 Å². The molecule has 1 aromatic heterocycles. The number of benzene rings is 1. The monoisotopic (exact) mass is 369 g/mol. The van der Waals surface area contributed by atoms with Gasteiger partial charge >= 0.3 is 6.09 Å². The second-order valence-corrected chi connectivity index (χ2v) is 6.04. The fourth-order valence-corrected chi connectivity index (χ4v) is 2.14. The summed E-state index contributed by atoms with van der Waals surface area (Å²) in [6.45, 7) is 3.22. The van der Waals surface area contributed by atoms with Crippen molar-refractivity contribution in [3.63, 3.8) is 0 Å². The summed E-state index contributed by atoms with van der Waals surface area (Å²) < 4.78 is 7.24. The minimum Gasteiger partial charge on any atom is -0.473 e. The Balaban J connectivity index is 2.41. The first-order valence-corrected chi connectivity index (χ1v) is 7.26. The number of aromatic nitrogens is 2. The highest BCUT2D eigenvalue weighted by atomic mass is 79.9. The Bertz CT molecular complexity index is 665. The third-order valence-electron chi connectivity index (χ3n) is 2.59. The van der Waals surface area contributed by atoms with Gasteiger partial charge in [0.05, 0.1) is 11.3 Å². The summed E-state index contributed by atoms with van der Waals surface area (Å²) in [4.78, 5) is 11.0. The fraction of sp³-hybridized carbons (Fsp3) is 0.286. The summed E-state index contributed by atoms with van der Waals surface area (Å²) in [5.41, 5.74) is -0.360. The summed E-state index contributed by atoms with van der Waals surface area (Å²) >= 11 is 3.28. The van der Waals surface area contributed by atoms with Crippen LogP contribution < -0.4 is 10.1 Å². The fourth-order valence-electron chi connectivity index (χ4n) is 1.68. The lowest BCUT2D eigenvalue weighted by molar-refractivity contribution is 0.0264. The lowest BCUT2D eigenvalue weighted by Gasteiger charge is -2.16. The maximum Gasteiger partial charge on any atom is 0.410 e. The van der Waals surface area contributed by atoms with Crippen LogP contribution >= 0.6 is 15.9 Å². The van der Waals surface area contributed by atoms with Crippen LogP contribution in [0.5, 0.6) is 5.88 Å². The van der Waals surface area contributed by atoms with Crippen molar-refractivity contribution in [2.24, 2.45) is 0 Å². The number of hydrogen-bond donors (Lipinski definition) is 3. The smallest absolute Gasteiger partial charge is 0.410 e. The molecule has 1 amide bonds. The van der Waals surface area contributed by atoms with Crippen LogP contribution in [0.2, 0.25) is 0 Å². The van der Waals surface area contributed by atoms with E-state index in [0.29, 0.717) is 10.2 Å². The van der Waals surface area contributed by atoms with Crippen molar-refractivity contribution in [2.75, 3.05) is 11.9 Å². The van der Waals surface area contributed by atoms with Crippen molar-refractivity contribution in [1.29, 1.82) is 0 Å². The van der Waals surface area contributed by atoms with Crippen molar-refractivity contribution >= 4 is 27.8 Å². The first-order valence-electron chi connectivity index (χ1n) is 6.47. The average molecular weight is 370 g/mol. The van der Waals surface area contributed by atoms with Crippen molar-refractivity contribution in [2.45, 2.75) is 19.4 Å². The van der Waals surface area contributed by atoms with Gasteiger partial charge in [-0.15, -0.1) is 5.10 Å². The van der Waals surface area contributed by atoms with Gasteiger partial charge in [0.25, 0.3) is 0 Å². The number of rotatable bonds is 5. The van der Waals surface area contributed by atoms with E-state index in [1.807, 2.05) is 18.2 Å². The molecule has 8 heteroatoms. The Hall–Kier alpha value is -2.06. The minimum atomic E-state index is -1.22. The molecule has 0 fully saturated rings. The molecular formula is C14H16BrN3O4. The third kappa shape index (κ3) is 3.99. The molecule has 0 unspecified atom stereocenters. The van der Waals surface area contributed by atoms with E-state index in [4.69, 9.17) is 9.84 Å². The number of nitrogens with one attached hydrogen (secondary N) is 1. The van der Waals surface area contributed by atoms with E-state index in [0.717, 1.165) is 0 Å². The average Bonchev–Trinajstić information content (AvgIpc) is 2.74. The van der Waals surface area contributed by atoms with Gasteiger partial charge in [-0.05, 0) is 41.9 Å². The van der Waals surface area contributed by atoms with Crippen LogP contribution in [-0.4, -0.2) is 38.3 Å². The summed E-state index contributed by atoms with van der Waals surface area (Å²) in [6, 6.07) is 9.04. The predicted octanol–water partition coefficient (Wildman–Crippen LogP) is 2.87. The highest BCUT2D eigenvalue weighted by molar-refractivity contribution is 9.10. The van der Waals surface area contributed by atoms with E-state index in [1.54, 1.807) is 26.0 Å².